The van der Waals surface area contributed by atoms with E-state index in [2.05, 4.69) is 5.32 Å². The number of carbonyl (C=O) groups excluding carboxylic acids is 1. The molecule has 0 aromatic heterocycles. The molecule has 0 aliphatic heterocycles. The van der Waals surface area contributed by atoms with Crippen molar-refractivity contribution in [2.75, 3.05) is 30.4 Å². The van der Waals surface area contributed by atoms with Crippen LogP contribution in [-0.4, -0.2) is 31.0 Å². The molecule has 0 saturated heterocycles. The maximum absolute atomic E-state index is 12.4. The van der Waals surface area contributed by atoms with Crippen molar-refractivity contribution in [1.82, 2.24) is 0 Å². The van der Waals surface area contributed by atoms with Gasteiger partial charge in [0.1, 0.15) is 11.4 Å². The molecular formula is C18H21N3O4. The smallest absolute Gasteiger partial charge is 0.293 e. The van der Waals surface area contributed by atoms with Gasteiger partial charge in [0, 0.05) is 30.4 Å². The number of nitro benzene ring substituents is 1. The number of hydrogen-bond donors (Lipinski definition) is 1. The number of ether oxygens (including phenoxy) is 1. The maximum atomic E-state index is 12.4. The minimum absolute atomic E-state index is 0.0777. The number of rotatable bonds is 7. The van der Waals surface area contributed by atoms with Crippen molar-refractivity contribution in [2.45, 2.75) is 13.8 Å². The van der Waals surface area contributed by atoms with E-state index in [4.69, 9.17) is 4.74 Å². The molecule has 7 heteroatoms. The van der Waals surface area contributed by atoms with Crippen molar-refractivity contribution in [1.29, 1.82) is 0 Å². The number of amides is 1. The van der Waals surface area contributed by atoms with Gasteiger partial charge < -0.3 is 15.0 Å². The summed E-state index contributed by atoms with van der Waals surface area (Å²) in [5, 5.41) is 14.1. The summed E-state index contributed by atoms with van der Waals surface area (Å²) in [5.74, 6) is 0.275. The minimum Gasteiger partial charge on any atom is -0.497 e. The van der Waals surface area contributed by atoms with Crippen LogP contribution in [0.3, 0.4) is 0 Å². The van der Waals surface area contributed by atoms with Crippen molar-refractivity contribution in [2.24, 2.45) is 0 Å². The van der Waals surface area contributed by atoms with E-state index in [0.717, 1.165) is 0 Å². The van der Waals surface area contributed by atoms with Crippen LogP contribution in [0.25, 0.3) is 0 Å². The molecule has 7 nitrogen and oxygen atoms in total. The number of benzene rings is 2. The van der Waals surface area contributed by atoms with Gasteiger partial charge in [0.25, 0.3) is 11.6 Å². The molecule has 1 N–H and O–H groups in total. The van der Waals surface area contributed by atoms with E-state index in [9.17, 15) is 14.9 Å². The first-order chi connectivity index (χ1) is 12.0. The van der Waals surface area contributed by atoms with Gasteiger partial charge in [-0.2, -0.15) is 0 Å². The topological polar surface area (TPSA) is 84.7 Å². The number of nitrogens with one attached hydrogen (secondary N) is 1. The quantitative estimate of drug-likeness (QED) is 0.612. The lowest BCUT2D eigenvalue weighted by molar-refractivity contribution is -0.384. The van der Waals surface area contributed by atoms with Gasteiger partial charge in [-0.1, -0.05) is 0 Å². The lowest BCUT2D eigenvalue weighted by Crippen LogP contribution is -2.23. The molecule has 0 unspecified atom stereocenters. The van der Waals surface area contributed by atoms with Gasteiger partial charge in [-0.25, -0.2) is 0 Å². The molecule has 1 amide bonds. The molecule has 0 aliphatic rings. The second kappa shape index (κ2) is 8.14. The van der Waals surface area contributed by atoms with Crippen molar-refractivity contribution in [3.8, 4) is 5.75 Å². The number of methoxy groups -OCH3 is 1. The Morgan fingerprint density at radius 2 is 1.80 bits per heavy atom. The number of nitrogens with zero attached hydrogens (tertiary/aromatic N) is 2. The van der Waals surface area contributed by atoms with Gasteiger partial charge in [-0.05, 0) is 50.2 Å². The second-order valence-corrected chi connectivity index (χ2v) is 5.32. The Kier molecular flexibility index (Phi) is 5.94. The van der Waals surface area contributed by atoms with Crippen molar-refractivity contribution in [3.05, 3.63) is 58.1 Å². The highest BCUT2D eigenvalue weighted by molar-refractivity contribution is 6.05. The Hall–Kier alpha value is -3.09. The summed E-state index contributed by atoms with van der Waals surface area (Å²) in [7, 11) is 1.56. The highest BCUT2D eigenvalue weighted by atomic mass is 16.6. The van der Waals surface area contributed by atoms with Crippen LogP contribution >= 0.6 is 0 Å². The van der Waals surface area contributed by atoms with Gasteiger partial charge in [-0.3, -0.25) is 14.9 Å². The first kappa shape index (κ1) is 18.3. The van der Waals surface area contributed by atoms with Gasteiger partial charge in [-0.15, -0.1) is 0 Å². The van der Waals surface area contributed by atoms with Crippen molar-refractivity contribution < 1.29 is 14.5 Å². The van der Waals surface area contributed by atoms with E-state index < -0.39 is 10.8 Å². The second-order valence-electron chi connectivity index (χ2n) is 5.32. The Morgan fingerprint density at radius 1 is 1.16 bits per heavy atom. The third-order valence-corrected chi connectivity index (χ3v) is 3.89. The average Bonchev–Trinajstić information content (AvgIpc) is 2.63. The van der Waals surface area contributed by atoms with Crippen LogP contribution in [0.5, 0.6) is 5.75 Å². The van der Waals surface area contributed by atoms with Crippen LogP contribution < -0.4 is 15.0 Å². The van der Waals surface area contributed by atoms with E-state index in [1.54, 1.807) is 43.5 Å². The van der Waals surface area contributed by atoms with E-state index in [-0.39, 0.29) is 11.3 Å². The van der Waals surface area contributed by atoms with E-state index in [1.807, 2.05) is 18.7 Å². The third kappa shape index (κ3) is 4.26. The summed E-state index contributed by atoms with van der Waals surface area (Å²) in [5.41, 5.74) is 1.25. The molecule has 0 aliphatic carbocycles. The summed E-state index contributed by atoms with van der Waals surface area (Å²) in [6, 6.07) is 11.4. The Balaban J connectivity index is 2.27. The maximum Gasteiger partial charge on any atom is 0.293 e. The molecule has 2 rings (SSSR count). The minimum atomic E-state index is -0.461. The van der Waals surface area contributed by atoms with Gasteiger partial charge in [0.05, 0.1) is 12.0 Å². The zero-order chi connectivity index (χ0) is 18.4. The monoisotopic (exact) mass is 343 g/mol. The lowest BCUT2D eigenvalue weighted by Gasteiger charge is -2.21. The molecule has 132 valence electrons. The first-order valence-electron chi connectivity index (χ1n) is 7.98. The Morgan fingerprint density at radius 3 is 2.32 bits per heavy atom. The molecule has 2 aromatic carbocycles. The van der Waals surface area contributed by atoms with Crippen LogP contribution in [0.4, 0.5) is 17.1 Å². The summed E-state index contributed by atoms with van der Waals surface area (Å²) in [6.07, 6.45) is 0. The first-order valence-corrected chi connectivity index (χ1v) is 7.98. The fourth-order valence-corrected chi connectivity index (χ4v) is 2.52. The Labute approximate surface area is 146 Å². The fourth-order valence-electron chi connectivity index (χ4n) is 2.52. The highest BCUT2D eigenvalue weighted by Crippen LogP contribution is 2.29. The molecule has 0 spiro atoms. The van der Waals surface area contributed by atoms with Crippen LogP contribution in [0.1, 0.15) is 24.2 Å². The normalized spacial score (nSPS) is 10.2. The SMILES string of the molecule is CCN(CC)c1ccc(C(=O)Nc2ccc(OC)cc2)cc1[N+](=O)[O-]. The molecule has 0 radical (unpaired) electrons. The van der Waals surface area contributed by atoms with Crippen LogP contribution in [0.2, 0.25) is 0 Å². The lowest BCUT2D eigenvalue weighted by atomic mass is 10.1. The van der Waals surface area contributed by atoms with Gasteiger partial charge in [0.15, 0.2) is 0 Å². The zero-order valence-corrected chi connectivity index (χ0v) is 14.5. The Bertz CT molecular complexity index is 755. The van der Waals surface area contributed by atoms with E-state index >= 15 is 0 Å². The fraction of sp³-hybridized carbons (Fsp3) is 0.278. The van der Waals surface area contributed by atoms with E-state index in [0.29, 0.717) is 30.2 Å². The predicted octanol–water partition coefficient (Wildman–Crippen LogP) is 3.70. The van der Waals surface area contributed by atoms with Crippen molar-refractivity contribution in [3.63, 3.8) is 0 Å². The molecule has 0 saturated carbocycles. The standard InChI is InChI=1S/C18H21N3O4/c1-4-20(5-2)16-11-6-13(12-17(16)21(23)24)18(22)19-14-7-9-15(25-3)10-8-14/h6-12H,4-5H2,1-3H3,(H,19,22). The average molecular weight is 343 g/mol. The highest BCUT2D eigenvalue weighted by Gasteiger charge is 2.20. The largest absolute Gasteiger partial charge is 0.497 e. The molecule has 0 fully saturated rings. The number of hydrogen-bond acceptors (Lipinski definition) is 5. The molecular weight excluding hydrogens is 322 g/mol. The molecule has 0 bridgehead atoms. The summed E-state index contributed by atoms with van der Waals surface area (Å²) in [6.45, 7) is 5.15. The third-order valence-electron chi connectivity index (χ3n) is 3.89. The molecule has 0 atom stereocenters. The number of carbonyl (C=O) groups is 1. The van der Waals surface area contributed by atoms with Gasteiger partial charge >= 0.3 is 0 Å². The zero-order valence-electron chi connectivity index (χ0n) is 14.5. The number of anilines is 2. The summed E-state index contributed by atoms with van der Waals surface area (Å²) in [4.78, 5) is 25.2. The summed E-state index contributed by atoms with van der Waals surface area (Å²) < 4.78 is 5.07. The van der Waals surface area contributed by atoms with Gasteiger partial charge in [0.2, 0.25) is 0 Å². The summed E-state index contributed by atoms with van der Waals surface area (Å²) >= 11 is 0. The molecule has 25 heavy (non-hydrogen) atoms. The van der Waals surface area contributed by atoms with Crippen LogP contribution in [0.15, 0.2) is 42.5 Å². The van der Waals surface area contributed by atoms with E-state index in [1.165, 1.54) is 6.07 Å². The molecule has 0 heterocycles. The van der Waals surface area contributed by atoms with Crippen LogP contribution in [0, 0.1) is 10.1 Å². The van der Waals surface area contributed by atoms with Crippen LogP contribution in [-0.2, 0) is 0 Å². The predicted molar refractivity (Wildman–Crippen MR) is 97.6 cm³/mol. The van der Waals surface area contributed by atoms with Crippen molar-refractivity contribution >= 4 is 23.0 Å². The molecule has 2 aromatic rings. The number of nitro groups is 1.